The minimum Gasteiger partial charge on any atom is -0.491 e. The first-order valence-corrected chi connectivity index (χ1v) is 8.34. The number of hydrogen-bond acceptors (Lipinski definition) is 3. The van der Waals surface area contributed by atoms with Gasteiger partial charge in [0.15, 0.2) is 0 Å². The number of aromatic nitrogens is 1. The third kappa shape index (κ3) is 6.08. The summed E-state index contributed by atoms with van der Waals surface area (Å²) in [5.41, 5.74) is 1.39. The molecule has 0 bridgehead atoms. The largest absolute Gasteiger partial charge is 0.491 e. The standard InChI is InChI=1S/C17H17F2INO3.Y/c1-11-9-12(24-8-7-23-2)3-4-13(11)15-6-5-14(20)17(22)21(15)10-16(18)19;/h3-5,9,16H,7-8,10H2,1-2H3;/q-1;. The van der Waals surface area contributed by atoms with Gasteiger partial charge in [-0.1, -0.05) is 23.7 Å². The monoisotopic (exact) mass is 537 g/mol. The molecular weight excluding hydrogens is 520 g/mol. The minimum absolute atomic E-state index is 0. The molecule has 0 fully saturated rings. The molecule has 0 unspecified atom stereocenters. The molecule has 1 aromatic carbocycles. The van der Waals surface area contributed by atoms with Crippen LogP contribution in [0.4, 0.5) is 8.78 Å². The number of benzene rings is 1. The van der Waals surface area contributed by atoms with Crippen LogP contribution in [0.3, 0.4) is 0 Å². The Morgan fingerprint density at radius 3 is 2.64 bits per heavy atom. The normalized spacial score (nSPS) is 10.6. The molecular formula is C17H17F2INO3Y-. The van der Waals surface area contributed by atoms with Crippen molar-refractivity contribution >= 4 is 22.6 Å². The Morgan fingerprint density at radius 2 is 2.04 bits per heavy atom. The van der Waals surface area contributed by atoms with Gasteiger partial charge in [-0.15, -0.1) is 28.7 Å². The van der Waals surface area contributed by atoms with Crippen molar-refractivity contribution in [3.8, 4) is 17.0 Å². The summed E-state index contributed by atoms with van der Waals surface area (Å²) >= 11 is 1.82. The summed E-state index contributed by atoms with van der Waals surface area (Å²) in [6.07, 6.45) is -2.62. The van der Waals surface area contributed by atoms with E-state index in [0.29, 0.717) is 33.8 Å². The third-order valence-corrected chi connectivity index (χ3v) is 4.16. The summed E-state index contributed by atoms with van der Waals surface area (Å²) in [5.74, 6) is 0.654. The number of hydrogen-bond donors (Lipinski definition) is 0. The first-order chi connectivity index (χ1) is 11.4. The van der Waals surface area contributed by atoms with Crippen LogP contribution >= 0.6 is 22.6 Å². The van der Waals surface area contributed by atoms with Gasteiger partial charge in [0.2, 0.25) is 5.56 Å². The number of methoxy groups -OCH3 is 1. The van der Waals surface area contributed by atoms with E-state index < -0.39 is 18.5 Å². The topological polar surface area (TPSA) is 40.5 Å². The molecule has 8 heteroatoms. The van der Waals surface area contributed by atoms with Crippen LogP contribution in [0.15, 0.2) is 29.1 Å². The van der Waals surface area contributed by atoms with E-state index in [2.05, 4.69) is 6.07 Å². The maximum atomic E-state index is 12.9. The summed E-state index contributed by atoms with van der Waals surface area (Å²) in [5, 5.41) is 0. The van der Waals surface area contributed by atoms with Gasteiger partial charge < -0.3 is 14.0 Å². The van der Waals surface area contributed by atoms with Gasteiger partial charge in [0, 0.05) is 39.8 Å². The summed E-state index contributed by atoms with van der Waals surface area (Å²) in [7, 11) is 1.59. The Labute approximate surface area is 183 Å². The van der Waals surface area contributed by atoms with Gasteiger partial charge >= 0.3 is 0 Å². The van der Waals surface area contributed by atoms with Gasteiger partial charge in [-0.25, -0.2) is 8.78 Å². The minimum atomic E-state index is -2.62. The zero-order valence-electron chi connectivity index (χ0n) is 13.9. The molecule has 0 aliphatic carbocycles. The quantitative estimate of drug-likeness (QED) is 0.309. The first kappa shape index (κ1) is 22.7. The molecule has 1 radical (unpaired) electrons. The smallest absolute Gasteiger partial charge is 0.256 e. The van der Waals surface area contributed by atoms with E-state index in [-0.39, 0.29) is 32.7 Å². The average Bonchev–Trinajstić information content (AvgIpc) is 2.53. The number of aryl methyl sites for hydroxylation is 1. The van der Waals surface area contributed by atoms with Crippen LogP contribution in [-0.2, 0) is 44.0 Å². The van der Waals surface area contributed by atoms with Crippen LogP contribution in [0.25, 0.3) is 11.3 Å². The maximum Gasteiger partial charge on any atom is 0.256 e. The number of ether oxygens (including phenoxy) is 2. The molecule has 0 saturated carbocycles. The van der Waals surface area contributed by atoms with E-state index in [0.717, 1.165) is 10.1 Å². The molecule has 0 aliphatic heterocycles. The predicted molar refractivity (Wildman–Crippen MR) is 95.8 cm³/mol. The van der Waals surface area contributed by atoms with Crippen LogP contribution in [0.2, 0.25) is 0 Å². The van der Waals surface area contributed by atoms with Gasteiger partial charge in [-0.05, 0) is 15.7 Å². The van der Waals surface area contributed by atoms with Crippen molar-refractivity contribution in [1.29, 1.82) is 0 Å². The number of alkyl halides is 2. The molecule has 2 rings (SSSR count). The molecule has 25 heavy (non-hydrogen) atoms. The van der Waals surface area contributed by atoms with Crippen molar-refractivity contribution in [2.24, 2.45) is 0 Å². The van der Waals surface area contributed by atoms with E-state index in [1.165, 1.54) is 6.07 Å². The van der Waals surface area contributed by atoms with E-state index in [4.69, 9.17) is 9.47 Å². The van der Waals surface area contributed by atoms with E-state index >= 15 is 0 Å². The average molecular weight is 537 g/mol. The Kier molecular flexibility index (Phi) is 9.70. The van der Waals surface area contributed by atoms with Crippen molar-refractivity contribution in [2.45, 2.75) is 19.9 Å². The molecule has 4 nitrogen and oxygen atoms in total. The van der Waals surface area contributed by atoms with Gasteiger partial charge in [0.25, 0.3) is 6.43 Å². The fourth-order valence-corrected chi connectivity index (χ4v) is 2.72. The molecule has 1 aromatic heterocycles. The van der Waals surface area contributed by atoms with Crippen LogP contribution in [0.5, 0.6) is 5.75 Å². The molecule has 0 amide bonds. The van der Waals surface area contributed by atoms with Crippen LogP contribution in [-0.4, -0.2) is 31.3 Å². The number of nitrogens with zero attached hydrogens (tertiary/aromatic N) is 1. The molecule has 0 saturated heterocycles. The Hall–Kier alpha value is -0.376. The van der Waals surface area contributed by atoms with Crippen LogP contribution in [0, 0.1) is 16.6 Å². The van der Waals surface area contributed by atoms with Crippen LogP contribution in [0.1, 0.15) is 5.56 Å². The molecule has 0 atom stereocenters. The fraction of sp³-hybridized carbons (Fsp3) is 0.353. The van der Waals surface area contributed by atoms with Gasteiger partial charge in [-0.2, -0.15) is 12.1 Å². The van der Waals surface area contributed by atoms with Crippen molar-refractivity contribution in [3.63, 3.8) is 0 Å². The molecule has 0 spiro atoms. The van der Waals surface area contributed by atoms with Gasteiger partial charge in [0.05, 0.1) is 13.2 Å². The van der Waals surface area contributed by atoms with E-state index in [9.17, 15) is 13.6 Å². The predicted octanol–water partition coefficient (Wildman–Crippen LogP) is 3.52. The van der Waals surface area contributed by atoms with Crippen molar-refractivity contribution in [1.82, 2.24) is 4.57 Å². The second kappa shape index (κ2) is 10.7. The fourth-order valence-electron chi connectivity index (χ4n) is 2.27. The molecule has 133 valence electrons. The van der Waals surface area contributed by atoms with E-state index in [1.807, 2.05) is 29.5 Å². The number of rotatable bonds is 7. The summed E-state index contributed by atoms with van der Waals surface area (Å²) in [4.78, 5) is 12.2. The Bertz CT molecular complexity index is 768. The number of halogens is 3. The Balaban J connectivity index is 0.00000312. The van der Waals surface area contributed by atoms with Crippen molar-refractivity contribution < 1.29 is 51.0 Å². The van der Waals surface area contributed by atoms with E-state index in [1.54, 1.807) is 25.3 Å². The summed E-state index contributed by atoms with van der Waals surface area (Å²) < 4.78 is 37.6. The molecule has 0 aliphatic rings. The third-order valence-electron chi connectivity index (χ3n) is 3.38. The maximum absolute atomic E-state index is 12.9. The Morgan fingerprint density at radius 1 is 1.32 bits per heavy atom. The second-order valence-electron chi connectivity index (χ2n) is 5.11. The second-order valence-corrected chi connectivity index (χ2v) is 6.27. The number of pyridine rings is 1. The van der Waals surface area contributed by atoms with Gasteiger partial charge in [0.1, 0.15) is 12.4 Å². The zero-order valence-corrected chi connectivity index (χ0v) is 18.9. The summed E-state index contributed by atoms with van der Waals surface area (Å²) in [6.45, 7) is 2.06. The summed E-state index contributed by atoms with van der Waals surface area (Å²) in [6, 6.07) is 9.74. The van der Waals surface area contributed by atoms with Gasteiger partial charge in [-0.3, -0.25) is 4.79 Å². The van der Waals surface area contributed by atoms with Crippen LogP contribution < -0.4 is 10.3 Å². The van der Waals surface area contributed by atoms with Crippen molar-refractivity contribution in [2.75, 3.05) is 20.3 Å². The van der Waals surface area contributed by atoms with Crippen molar-refractivity contribution in [3.05, 3.63) is 49.8 Å². The molecule has 2 aromatic rings. The SMILES string of the molecule is COCCOc1ccc(-c2[c-]cc(I)c(=O)n2CC(F)F)c(C)c1.[Y]. The molecule has 1 heterocycles. The molecule has 0 N–H and O–H groups in total. The zero-order chi connectivity index (χ0) is 17.7. The first-order valence-electron chi connectivity index (χ1n) is 7.26.